The Morgan fingerprint density at radius 3 is 2.54 bits per heavy atom. The van der Waals surface area contributed by atoms with Crippen LogP contribution in [-0.2, 0) is 13.2 Å². The van der Waals surface area contributed by atoms with E-state index < -0.39 is 0 Å². The molecule has 0 amide bonds. The molecule has 0 aromatic heterocycles. The Bertz CT molecular complexity index is 662. The molecule has 2 aromatic rings. The quantitative estimate of drug-likeness (QED) is 0.681. The highest BCUT2D eigenvalue weighted by Crippen LogP contribution is 2.37. The van der Waals surface area contributed by atoms with Crippen molar-refractivity contribution in [1.29, 1.82) is 0 Å². The van der Waals surface area contributed by atoms with E-state index in [2.05, 4.69) is 21.2 Å². The molecule has 130 valence electrons. The number of ether oxygens (including phenoxy) is 2. The third-order valence-corrected chi connectivity index (χ3v) is 4.20. The van der Waals surface area contributed by atoms with Gasteiger partial charge in [-0.2, -0.15) is 0 Å². The van der Waals surface area contributed by atoms with Gasteiger partial charge in [-0.15, -0.1) is 0 Å². The van der Waals surface area contributed by atoms with Crippen LogP contribution in [-0.4, -0.2) is 24.9 Å². The Labute approximate surface area is 155 Å². The maximum absolute atomic E-state index is 9.30. The molecular formula is C18H21BrClNO3. The van der Waals surface area contributed by atoms with Gasteiger partial charge in [0.15, 0.2) is 11.5 Å². The summed E-state index contributed by atoms with van der Waals surface area (Å²) in [5, 5.41) is 13.2. The summed E-state index contributed by atoms with van der Waals surface area (Å²) in [5.41, 5.74) is 2.06. The van der Waals surface area contributed by atoms with Crippen LogP contribution in [0.1, 0.15) is 18.1 Å². The molecule has 24 heavy (non-hydrogen) atoms. The van der Waals surface area contributed by atoms with Crippen molar-refractivity contribution >= 4 is 27.5 Å². The molecule has 2 N–H and O–H groups in total. The Kier molecular flexibility index (Phi) is 7.37. The Morgan fingerprint density at radius 2 is 1.92 bits per heavy atom. The Morgan fingerprint density at radius 1 is 1.21 bits per heavy atom. The zero-order chi connectivity index (χ0) is 17.5. The van der Waals surface area contributed by atoms with E-state index in [9.17, 15) is 5.11 Å². The summed E-state index contributed by atoms with van der Waals surface area (Å²) in [5.74, 6) is 1.32. The number of methoxy groups -OCH3 is 1. The average Bonchev–Trinajstić information content (AvgIpc) is 2.54. The van der Waals surface area contributed by atoms with Gasteiger partial charge in [0, 0.05) is 18.1 Å². The minimum atomic E-state index is -0.377. The van der Waals surface area contributed by atoms with E-state index in [1.807, 2.05) is 36.4 Å². The number of nitrogens with one attached hydrogen (secondary N) is 1. The summed E-state index contributed by atoms with van der Waals surface area (Å²) >= 11 is 9.43. The third-order valence-electron chi connectivity index (χ3n) is 3.35. The van der Waals surface area contributed by atoms with E-state index in [-0.39, 0.29) is 6.10 Å². The molecule has 0 aliphatic carbocycles. The smallest absolute Gasteiger partial charge is 0.175 e. The summed E-state index contributed by atoms with van der Waals surface area (Å²) in [4.78, 5) is 0. The first-order valence-corrected chi connectivity index (χ1v) is 8.79. The molecule has 0 unspecified atom stereocenters. The van der Waals surface area contributed by atoms with Crippen LogP contribution < -0.4 is 14.8 Å². The van der Waals surface area contributed by atoms with Crippen molar-refractivity contribution in [2.45, 2.75) is 26.2 Å². The summed E-state index contributed by atoms with van der Waals surface area (Å²) in [7, 11) is 1.62. The van der Waals surface area contributed by atoms with Gasteiger partial charge in [-0.3, -0.25) is 0 Å². The second kappa shape index (κ2) is 9.28. The summed E-state index contributed by atoms with van der Waals surface area (Å²) < 4.78 is 12.2. The van der Waals surface area contributed by atoms with Crippen LogP contribution in [0, 0.1) is 0 Å². The minimum absolute atomic E-state index is 0.377. The Balaban J connectivity index is 2.07. The minimum Gasteiger partial charge on any atom is -0.493 e. The number of halogens is 2. The van der Waals surface area contributed by atoms with E-state index in [4.69, 9.17) is 21.1 Å². The van der Waals surface area contributed by atoms with Crippen LogP contribution in [0.25, 0.3) is 0 Å². The van der Waals surface area contributed by atoms with Gasteiger partial charge in [-0.25, -0.2) is 0 Å². The fraction of sp³-hybridized carbons (Fsp3) is 0.333. The molecule has 0 aliphatic heterocycles. The highest BCUT2D eigenvalue weighted by molar-refractivity contribution is 9.10. The number of hydrogen-bond acceptors (Lipinski definition) is 4. The lowest BCUT2D eigenvalue weighted by Crippen LogP contribution is -2.23. The maximum Gasteiger partial charge on any atom is 0.175 e. The van der Waals surface area contributed by atoms with E-state index in [0.29, 0.717) is 36.2 Å². The van der Waals surface area contributed by atoms with Gasteiger partial charge in [-0.05, 0) is 58.2 Å². The van der Waals surface area contributed by atoms with Crippen molar-refractivity contribution in [2.75, 3.05) is 13.7 Å². The highest BCUT2D eigenvalue weighted by atomic mass is 79.9. The van der Waals surface area contributed by atoms with E-state index in [1.165, 1.54) is 0 Å². The molecule has 0 fully saturated rings. The van der Waals surface area contributed by atoms with Crippen LogP contribution in [0.15, 0.2) is 40.9 Å². The molecule has 0 spiro atoms. The Hall–Kier alpha value is -1.27. The van der Waals surface area contributed by atoms with Crippen molar-refractivity contribution in [3.05, 3.63) is 57.0 Å². The molecule has 0 saturated carbocycles. The molecule has 0 aliphatic rings. The van der Waals surface area contributed by atoms with Crippen LogP contribution in [0.4, 0.5) is 0 Å². The monoisotopic (exact) mass is 413 g/mol. The predicted molar refractivity (Wildman–Crippen MR) is 99.9 cm³/mol. The summed E-state index contributed by atoms with van der Waals surface area (Å²) in [6.45, 7) is 3.34. The molecule has 0 heterocycles. The van der Waals surface area contributed by atoms with Crippen LogP contribution in [0.3, 0.4) is 0 Å². The molecule has 4 nitrogen and oxygen atoms in total. The highest BCUT2D eigenvalue weighted by Gasteiger charge is 2.12. The fourth-order valence-corrected chi connectivity index (χ4v) is 2.91. The van der Waals surface area contributed by atoms with Crippen molar-refractivity contribution in [3.63, 3.8) is 0 Å². The maximum atomic E-state index is 9.30. The van der Waals surface area contributed by atoms with Gasteiger partial charge in [0.25, 0.3) is 0 Å². The summed E-state index contributed by atoms with van der Waals surface area (Å²) in [6.07, 6.45) is -0.377. The fourth-order valence-electron chi connectivity index (χ4n) is 2.18. The van der Waals surface area contributed by atoms with Crippen molar-refractivity contribution in [1.82, 2.24) is 5.32 Å². The zero-order valence-corrected chi connectivity index (χ0v) is 16.0. The second-order valence-electron chi connectivity index (χ2n) is 5.50. The number of rotatable bonds is 8. The number of benzene rings is 2. The largest absolute Gasteiger partial charge is 0.493 e. The standard InChI is InChI=1S/C18H21BrClNO3/c1-12(22)9-21-10-14-7-16(19)18(17(8-14)23-2)24-11-13-3-5-15(20)6-4-13/h3-8,12,21-22H,9-11H2,1-2H3/t12-/m0/s1. The van der Waals surface area contributed by atoms with Crippen molar-refractivity contribution in [2.24, 2.45) is 0 Å². The molecule has 6 heteroatoms. The third kappa shape index (κ3) is 5.67. The van der Waals surface area contributed by atoms with Crippen LogP contribution >= 0.6 is 27.5 Å². The van der Waals surface area contributed by atoms with Gasteiger partial charge < -0.3 is 19.9 Å². The molecule has 0 saturated heterocycles. The molecule has 0 bridgehead atoms. The molecular weight excluding hydrogens is 394 g/mol. The number of hydrogen-bond donors (Lipinski definition) is 2. The molecule has 1 atom stereocenters. The van der Waals surface area contributed by atoms with E-state index in [0.717, 1.165) is 15.6 Å². The zero-order valence-electron chi connectivity index (χ0n) is 13.7. The van der Waals surface area contributed by atoms with Gasteiger partial charge >= 0.3 is 0 Å². The summed E-state index contributed by atoms with van der Waals surface area (Å²) in [6, 6.07) is 11.4. The van der Waals surface area contributed by atoms with E-state index in [1.54, 1.807) is 14.0 Å². The lowest BCUT2D eigenvalue weighted by molar-refractivity contribution is 0.191. The van der Waals surface area contributed by atoms with Gasteiger partial charge in [0.2, 0.25) is 0 Å². The lowest BCUT2D eigenvalue weighted by atomic mass is 10.2. The number of aliphatic hydroxyl groups excluding tert-OH is 1. The first kappa shape index (κ1) is 19.1. The SMILES string of the molecule is COc1cc(CNC[C@H](C)O)cc(Br)c1OCc1ccc(Cl)cc1. The normalized spacial score (nSPS) is 12.0. The van der Waals surface area contributed by atoms with Crippen LogP contribution in [0.2, 0.25) is 5.02 Å². The topological polar surface area (TPSA) is 50.7 Å². The predicted octanol–water partition coefficient (Wildman–Crippen LogP) is 4.16. The van der Waals surface area contributed by atoms with Gasteiger partial charge in [-0.1, -0.05) is 23.7 Å². The second-order valence-corrected chi connectivity index (χ2v) is 6.79. The molecule has 0 radical (unpaired) electrons. The first-order chi connectivity index (χ1) is 11.5. The van der Waals surface area contributed by atoms with Crippen LogP contribution in [0.5, 0.6) is 11.5 Å². The van der Waals surface area contributed by atoms with Gasteiger partial charge in [0.1, 0.15) is 6.61 Å². The lowest BCUT2D eigenvalue weighted by Gasteiger charge is -2.15. The first-order valence-electron chi connectivity index (χ1n) is 7.62. The molecule has 2 aromatic carbocycles. The average molecular weight is 415 g/mol. The van der Waals surface area contributed by atoms with Crippen molar-refractivity contribution in [3.8, 4) is 11.5 Å². The van der Waals surface area contributed by atoms with Gasteiger partial charge in [0.05, 0.1) is 17.7 Å². The molecule has 2 rings (SSSR count). The van der Waals surface area contributed by atoms with E-state index >= 15 is 0 Å². The van der Waals surface area contributed by atoms with Crippen molar-refractivity contribution < 1.29 is 14.6 Å². The number of aliphatic hydroxyl groups is 1.